The maximum Gasteiger partial charge on any atom is 0.164 e. The minimum absolute atomic E-state index is 0.538. The molecule has 0 atom stereocenters. The first-order valence-corrected chi connectivity index (χ1v) is 19.2. The highest BCUT2D eigenvalue weighted by atomic mass is 16.5. The molecule has 0 saturated carbocycles. The summed E-state index contributed by atoms with van der Waals surface area (Å²) in [7, 11) is 0. The highest BCUT2D eigenvalue weighted by Gasteiger charge is 2.50. The smallest absolute Gasteiger partial charge is 0.164 e. The van der Waals surface area contributed by atoms with Gasteiger partial charge in [-0.15, -0.1) is 0 Å². The number of aromatic nitrogens is 3. The van der Waals surface area contributed by atoms with Gasteiger partial charge in [-0.3, -0.25) is 0 Å². The van der Waals surface area contributed by atoms with Crippen molar-refractivity contribution >= 4 is 21.9 Å². The summed E-state index contributed by atoms with van der Waals surface area (Å²) in [5.41, 5.74) is 13.2. The van der Waals surface area contributed by atoms with E-state index in [1.54, 1.807) is 0 Å². The van der Waals surface area contributed by atoms with E-state index in [1.165, 1.54) is 22.3 Å². The summed E-state index contributed by atoms with van der Waals surface area (Å²) in [6, 6.07) is 65.4. The second kappa shape index (κ2) is 12.2. The average Bonchev–Trinajstić information content (AvgIpc) is 3.81. The van der Waals surface area contributed by atoms with E-state index in [9.17, 15) is 0 Å². The van der Waals surface area contributed by atoms with E-state index in [-0.39, 0.29) is 0 Å². The van der Waals surface area contributed by atoms with Gasteiger partial charge < -0.3 is 9.15 Å². The minimum Gasteiger partial charge on any atom is -0.457 e. The third kappa shape index (κ3) is 4.66. The first-order valence-electron chi connectivity index (χ1n) is 19.2. The number of benzene rings is 8. The molecule has 1 spiro atoms. The molecular weight excluding hydrogens is 699 g/mol. The molecule has 10 aromatic rings. The van der Waals surface area contributed by atoms with Crippen LogP contribution >= 0.6 is 0 Å². The molecule has 3 heterocycles. The molecule has 1 aliphatic heterocycles. The molecular formula is C52H31N3O2. The van der Waals surface area contributed by atoms with Crippen molar-refractivity contribution in [3.8, 4) is 67.9 Å². The second-order valence-electron chi connectivity index (χ2n) is 14.7. The van der Waals surface area contributed by atoms with Crippen LogP contribution in [-0.2, 0) is 5.41 Å². The Morgan fingerprint density at radius 1 is 0.351 bits per heavy atom. The van der Waals surface area contributed by atoms with Gasteiger partial charge in [0.15, 0.2) is 17.5 Å². The maximum absolute atomic E-state index is 6.81. The van der Waals surface area contributed by atoms with Gasteiger partial charge in [0.2, 0.25) is 0 Å². The summed E-state index contributed by atoms with van der Waals surface area (Å²) >= 11 is 0. The van der Waals surface area contributed by atoms with Crippen LogP contribution in [0.5, 0.6) is 11.5 Å². The molecule has 2 aliphatic rings. The van der Waals surface area contributed by atoms with Gasteiger partial charge in [0.25, 0.3) is 0 Å². The average molecular weight is 730 g/mol. The van der Waals surface area contributed by atoms with Gasteiger partial charge in [-0.2, -0.15) is 0 Å². The zero-order chi connectivity index (χ0) is 37.5. The van der Waals surface area contributed by atoms with Crippen molar-refractivity contribution in [1.82, 2.24) is 15.0 Å². The van der Waals surface area contributed by atoms with Gasteiger partial charge in [-0.1, -0.05) is 170 Å². The molecule has 0 bridgehead atoms. The first kappa shape index (κ1) is 31.7. The Kier molecular flexibility index (Phi) is 6.78. The number of rotatable bonds is 4. The standard InChI is InChI=1S/C52H31N3O2/c1-2-13-33(14-3-1)49-53-50(34-27-25-32(26-28-34)36-18-12-19-40-39-17-6-10-23-45(39)57-48(36)40)55-51(54-49)35-29-30-44-47(31-35)56-46-24-11-9-22-43(46)52(44)41-20-7-4-15-37(41)38-16-5-8-21-42(38)52/h1-31H. The molecule has 266 valence electrons. The number of fused-ring (bicyclic) bond motifs is 12. The highest BCUT2D eigenvalue weighted by molar-refractivity contribution is 6.09. The molecule has 0 amide bonds. The van der Waals surface area contributed by atoms with Crippen molar-refractivity contribution in [3.05, 3.63) is 210 Å². The van der Waals surface area contributed by atoms with Crippen LogP contribution in [0.25, 0.3) is 78.4 Å². The molecule has 0 N–H and O–H groups in total. The third-order valence-electron chi connectivity index (χ3n) is 11.6. The zero-order valence-corrected chi connectivity index (χ0v) is 30.6. The zero-order valence-electron chi connectivity index (χ0n) is 30.6. The molecule has 5 heteroatoms. The Morgan fingerprint density at radius 2 is 0.877 bits per heavy atom. The minimum atomic E-state index is -0.538. The van der Waals surface area contributed by atoms with E-state index >= 15 is 0 Å². The molecule has 5 nitrogen and oxygen atoms in total. The Morgan fingerprint density at radius 3 is 1.63 bits per heavy atom. The van der Waals surface area contributed by atoms with E-state index in [0.717, 1.165) is 72.4 Å². The molecule has 12 rings (SSSR count). The first-order chi connectivity index (χ1) is 28.2. The second-order valence-corrected chi connectivity index (χ2v) is 14.7. The van der Waals surface area contributed by atoms with Gasteiger partial charge in [-0.25, -0.2) is 15.0 Å². The van der Waals surface area contributed by atoms with Crippen molar-refractivity contribution in [2.45, 2.75) is 5.41 Å². The fraction of sp³-hybridized carbons (Fsp3) is 0.0192. The van der Waals surface area contributed by atoms with Gasteiger partial charge in [0, 0.05) is 44.2 Å². The maximum atomic E-state index is 6.81. The topological polar surface area (TPSA) is 61.0 Å². The summed E-state index contributed by atoms with van der Waals surface area (Å²) in [6.45, 7) is 0. The number of hydrogen-bond donors (Lipinski definition) is 0. The lowest BCUT2D eigenvalue weighted by Gasteiger charge is -2.39. The van der Waals surface area contributed by atoms with Crippen LogP contribution < -0.4 is 4.74 Å². The van der Waals surface area contributed by atoms with Crippen LogP contribution in [0.4, 0.5) is 0 Å². The Balaban J connectivity index is 1.00. The van der Waals surface area contributed by atoms with Crippen LogP contribution in [-0.4, -0.2) is 15.0 Å². The molecule has 8 aromatic carbocycles. The molecule has 0 unspecified atom stereocenters. The van der Waals surface area contributed by atoms with Crippen molar-refractivity contribution in [3.63, 3.8) is 0 Å². The SMILES string of the molecule is c1ccc(-c2nc(-c3ccc(-c4cccc5c4oc4ccccc45)cc3)nc(-c3ccc4c(c3)Oc3ccccc3C43c4ccccc4-c4ccccc43)n2)cc1. The van der Waals surface area contributed by atoms with Gasteiger partial charge in [0.1, 0.15) is 22.7 Å². The van der Waals surface area contributed by atoms with Gasteiger partial charge in [0.05, 0.1) is 5.41 Å². The lowest BCUT2D eigenvalue weighted by molar-refractivity contribution is 0.436. The summed E-state index contributed by atoms with van der Waals surface area (Å²) in [4.78, 5) is 15.3. The Hall–Kier alpha value is -7.63. The van der Waals surface area contributed by atoms with Gasteiger partial charge >= 0.3 is 0 Å². The van der Waals surface area contributed by atoms with Crippen LogP contribution in [0, 0.1) is 0 Å². The number of furan rings is 1. The third-order valence-corrected chi connectivity index (χ3v) is 11.6. The lowest BCUT2D eigenvalue weighted by atomic mass is 9.66. The normalized spacial score (nSPS) is 13.2. The quantitative estimate of drug-likeness (QED) is 0.180. The van der Waals surface area contributed by atoms with Crippen molar-refractivity contribution in [1.29, 1.82) is 0 Å². The van der Waals surface area contributed by atoms with Gasteiger partial charge in [-0.05, 0) is 46.0 Å². The summed E-state index contributed by atoms with van der Waals surface area (Å²) in [6.07, 6.45) is 0. The number of hydrogen-bond acceptors (Lipinski definition) is 5. The Labute approximate surface area is 328 Å². The fourth-order valence-electron chi connectivity index (χ4n) is 9.12. The monoisotopic (exact) mass is 729 g/mol. The number of nitrogens with zero attached hydrogens (tertiary/aromatic N) is 3. The number of ether oxygens (including phenoxy) is 1. The molecule has 0 radical (unpaired) electrons. The largest absolute Gasteiger partial charge is 0.457 e. The van der Waals surface area contributed by atoms with Crippen molar-refractivity contribution in [2.24, 2.45) is 0 Å². The van der Waals surface area contributed by atoms with Crippen molar-refractivity contribution < 1.29 is 9.15 Å². The van der Waals surface area contributed by atoms with Crippen LogP contribution in [0.1, 0.15) is 22.3 Å². The lowest BCUT2D eigenvalue weighted by Crippen LogP contribution is -2.32. The predicted molar refractivity (Wildman–Crippen MR) is 226 cm³/mol. The number of para-hydroxylation sites is 3. The Bertz CT molecular complexity index is 3180. The van der Waals surface area contributed by atoms with Crippen LogP contribution in [0.2, 0.25) is 0 Å². The molecule has 1 aliphatic carbocycles. The van der Waals surface area contributed by atoms with Crippen LogP contribution in [0.3, 0.4) is 0 Å². The molecule has 0 fully saturated rings. The van der Waals surface area contributed by atoms with E-state index in [1.807, 2.05) is 54.6 Å². The van der Waals surface area contributed by atoms with E-state index in [4.69, 9.17) is 24.1 Å². The molecule has 57 heavy (non-hydrogen) atoms. The summed E-state index contributed by atoms with van der Waals surface area (Å²) < 4.78 is 13.2. The summed E-state index contributed by atoms with van der Waals surface area (Å²) in [5.74, 6) is 3.39. The van der Waals surface area contributed by atoms with E-state index in [0.29, 0.717) is 17.5 Å². The molecule has 0 saturated heterocycles. The summed E-state index contributed by atoms with van der Waals surface area (Å²) in [5, 5.41) is 2.22. The van der Waals surface area contributed by atoms with Crippen LogP contribution in [0.15, 0.2) is 192 Å². The molecule has 2 aromatic heterocycles. The highest BCUT2D eigenvalue weighted by Crippen LogP contribution is 2.62. The van der Waals surface area contributed by atoms with Crippen molar-refractivity contribution in [2.75, 3.05) is 0 Å². The predicted octanol–water partition coefficient (Wildman–Crippen LogP) is 12.9. The van der Waals surface area contributed by atoms with E-state index in [2.05, 4.69) is 133 Å². The van der Waals surface area contributed by atoms with E-state index < -0.39 is 5.41 Å². The fourth-order valence-corrected chi connectivity index (χ4v) is 9.12.